The Morgan fingerprint density at radius 3 is 2.54 bits per heavy atom. The fourth-order valence-corrected chi connectivity index (χ4v) is 4.33. The molecule has 0 spiro atoms. The van der Waals surface area contributed by atoms with Crippen molar-refractivity contribution in [2.45, 2.75) is 50.1 Å². The fraction of sp³-hybridized carbons (Fsp3) is 0.500. The lowest BCUT2D eigenvalue weighted by molar-refractivity contribution is -0.122. The van der Waals surface area contributed by atoms with Crippen molar-refractivity contribution in [3.05, 3.63) is 42.7 Å². The normalized spacial score (nSPS) is 15.5. The lowest BCUT2D eigenvalue weighted by Crippen LogP contribution is -2.44. The van der Waals surface area contributed by atoms with E-state index in [1.165, 1.54) is 0 Å². The molecular formula is C20H28N4O3S. The second-order valence-electron chi connectivity index (χ2n) is 7.10. The van der Waals surface area contributed by atoms with Crippen molar-refractivity contribution in [3.63, 3.8) is 0 Å². The first-order valence-corrected chi connectivity index (χ1v) is 11.5. The van der Waals surface area contributed by atoms with Crippen LogP contribution in [-0.4, -0.2) is 49.0 Å². The van der Waals surface area contributed by atoms with Gasteiger partial charge in [0.2, 0.25) is 5.91 Å². The van der Waals surface area contributed by atoms with E-state index in [9.17, 15) is 13.2 Å². The summed E-state index contributed by atoms with van der Waals surface area (Å²) in [6.07, 6.45) is 6.70. The number of nitrogens with one attached hydrogen (secondary N) is 1. The zero-order valence-electron chi connectivity index (χ0n) is 16.3. The first kappa shape index (κ1) is 20.4. The topological polar surface area (TPSA) is 84.3 Å². The van der Waals surface area contributed by atoms with Crippen LogP contribution in [0.1, 0.15) is 32.6 Å². The van der Waals surface area contributed by atoms with Gasteiger partial charge in [0.1, 0.15) is 0 Å². The van der Waals surface area contributed by atoms with Gasteiger partial charge in [-0.05, 0) is 49.6 Å². The number of anilines is 1. The summed E-state index contributed by atoms with van der Waals surface area (Å²) in [5.74, 6) is 0.207. The Bertz CT molecular complexity index is 855. The third-order valence-corrected chi connectivity index (χ3v) is 6.90. The number of aromatic nitrogens is 2. The molecule has 7 nitrogen and oxygen atoms in total. The molecule has 1 amide bonds. The Kier molecular flexibility index (Phi) is 6.72. The van der Waals surface area contributed by atoms with Crippen LogP contribution in [0, 0.1) is 0 Å². The number of hydrogen-bond donors (Lipinski definition) is 1. The van der Waals surface area contributed by atoms with Gasteiger partial charge in [0.25, 0.3) is 0 Å². The molecule has 0 unspecified atom stereocenters. The molecule has 0 aliphatic carbocycles. The predicted molar refractivity (Wildman–Crippen MR) is 109 cm³/mol. The van der Waals surface area contributed by atoms with E-state index < -0.39 is 9.84 Å². The Balaban J connectivity index is 1.42. The monoisotopic (exact) mass is 404 g/mol. The van der Waals surface area contributed by atoms with Gasteiger partial charge in [0.15, 0.2) is 9.84 Å². The summed E-state index contributed by atoms with van der Waals surface area (Å²) in [4.78, 5) is 14.8. The number of carbonyl (C=O) groups is 1. The molecule has 0 radical (unpaired) electrons. The van der Waals surface area contributed by atoms with Gasteiger partial charge in [0, 0.05) is 50.2 Å². The first-order valence-electron chi connectivity index (χ1n) is 9.82. The lowest BCUT2D eigenvalue weighted by atomic mass is 10.0. The van der Waals surface area contributed by atoms with Crippen molar-refractivity contribution in [1.82, 2.24) is 15.1 Å². The van der Waals surface area contributed by atoms with Gasteiger partial charge < -0.3 is 10.2 Å². The minimum atomic E-state index is -3.16. The van der Waals surface area contributed by atoms with Crippen LogP contribution in [0.4, 0.5) is 5.69 Å². The zero-order valence-corrected chi connectivity index (χ0v) is 17.1. The van der Waals surface area contributed by atoms with Crippen LogP contribution in [0.15, 0.2) is 47.6 Å². The van der Waals surface area contributed by atoms with Gasteiger partial charge >= 0.3 is 0 Å². The molecular weight excluding hydrogens is 376 g/mol. The molecule has 1 aromatic carbocycles. The molecule has 1 aromatic heterocycles. The third kappa shape index (κ3) is 5.34. The molecule has 1 saturated heterocycles. The molecule has 1 aliphatic rings. The van der Waals surface area contributed by atoms with Crippen molar-refractivity contribution in [2.75, 3.05) is 23.7 Å². The summed E-state index contributed by atoms with van der Waals surface area (Å²) in [6.45, 7) is 4.10. The van der Waals surface area contributed by atoms with E-state index >= 15 is 0 Å². The molecule has 1 N–H and O–H groups in total. The number of aryl methyl sites for hydroxylation is 1. The summed E-state index contributed by atoms with van der Waals surface area (Å²) < 4.78 is 25.7. The average molecular weight is 405 g/mol. The second kappa shape index (κ2) is 9.23. The van der Waals surface area contributed by atoms with Crippen LogP contribution in [-0.2, 0) is 21.2 Å². The van der Waals surface area contributed by atoms with Crippen molar-refractivity contribution >= 4 is 21.4 Å². The van der Waals surface area contributed by atoms with Crippen LogP contribution in [0.25, 0.3) is 0 Å². The van der Waals surface area contributed by atoms with E-state index in [4.69, 9.17) is 0 Å². The van der Waals surface area contributed by atoms with Crippen LogP contribution < -0.4 is 10.2 Å². The molecule has 8 heteroatoms. The summed E-state index contributed by atoms with van der Waals surface area (Å²) in [7, 11) is -3.16. The highest BCUT2D eigenvalue weighted by Crippen LogP contribution is 2.22. The average Bonchev–Trinajstić information content (AvgIpc) is 3.22. The van der Waals surface area contributed by atoms with Crippen molar-refractivity contribution in [1.29, 1.82) is 0 Å². The zero-order chi connectivity index (χ0) is 20.0. The van der Waals surface area contributed by atoms with Crippen LogP contribution in [0.3, 0.4) is 0 Å². The lowest BCUT2D eigenvalue weighted by Gasteiger charge is -2.34. The Labute approximate surface area is 166 Å². The fourth-order valence-electron chi connectivity index (χ4n) is 3.45. The molecule has 2 heterocycles. The van der Waals surface area contributed by atoms with Crippen molar-refractivity contribution < 1.29 is 13.2 Å². The highest BCUT2D eigenvalue weighted by molar-refractivity contribution is 7.91. The minimum Gasteiger partial charge on any atom is -0.371 e. The van der Waals surface area contributed by atoms with Crippen molar-refractivity contribution in [3.8, 4) is 0 Å². The van der Waals surface area contributed by atoms with Gasteiger partial charge in [-0.2, -0.15) is 5.10 Å². The number of hydrogen-bond acceptors (Lipinski definition) is 5. The van der Waals surface area contributed by atoms with Crippen LogP contribution in [0.2, 0.25) is 0 Å². The van der Waals surface area contributed by atoms with Gasteiger partial charge in [-0.1, -0.05) is 6.92 Å². The van der Waals surface area contributed by atoms with E-state index in [0.717, 1.165) is 44.6 Å². The van der Waals surface area contributed by atoms with Gasteiger partial charge in [-0.3, -0.25) is 9.48 Å². The Hall–Kier alpha value is -2.35. The van der Waals surface area contributed by atoms with Crippen LogP contribution in [0.5, 0.6) is 0 Å². The molecule has 1 fully saturated rings. The maximum Gasteiger partial charge on any atom is 0.220 e. The number of amides is 1. The smallest absolute Gasteiger partial charge is 0.220 e. The molecule has 3 rings (SSSR count). The summed E-state index contributed by atoms with van der Waals surface area (Å²) in [5, 5.41) is 7.27. The Morgan fingerprint density at radius 1 is 1.21 bits per heavy atom. The van der Waals surface area contributed by atoms with Crippen LogP contribution >= 0.6 is 0 Å². The first-order chi connectivity index (χ1) is 13.5. The predicted octanol–water partition coefficient (Wildman–Crippen LogP) is 2.24. The van der Waals surface area contributed by atoms with E-state index in [1.807, 2.05) is 29.1 Å². The molecule has 28 heavy (non-hydrogen) atoms. The number of nitrogens with zero attached hydrogens (tertiary/aromatic N) is 3. The highest BCUT2D eigenvalue weighted by atomic mass is 32.2. The van der Waals surface area contributed by atoms with E-state index in [0.29, 0.717) is 11.3 Å². The number of sulfone groups is 1. The quantitative estimate of drug-likeness (QED) is 0.729. The molecule has 152 valence electrons. The van der Waals surface area contributed by atoms with E-state index in [1.54, 1.807) is 25.3 Å². The Morgan fingerprint density at radius 2 is 1.93 bits per heavy atom. The van der Waals surface area contributed by atoms with E-state index in [2.05, 4.69) is 15.3 Å². The number of rotatable bonds is 8. The third-order valence-electron chi connectivity index (χ3n) is 5.15. The summed E-state index contributed by atoms with van der Waals surface area (Å²) in [6, 6.07) is 9.19. The molecule has 0 atom stereocenters. The number of piperidine rings is 1. The maximum atomic E-state index is 12.1. The van der Waals surface area contributed by atoms with Gasteiger partial charge in [-0.15, -0.1) is 0 Å². The minimum absolute atomic E-state index is 0.0970. The molecule has 0 bridgehead atoms. The maximum absolute atomic E-state index is 12.1. The largest absolute Gasteiger partial charge is 0.371 e. The summed E-state index contributed by atoms with van der Waals surface area (Å²) in [5.41, 5.74) is 1.03. The second-order valence-corrected chi connectivity index (χ2v) is 9.38. The van der Waals surface area contributed by atoms with Gasteiger partial charge in [0.05, 0.1) is 10.6 Å². The molecule has 1 aliphatic heterocycles. The number of benzene rings is 1. The van der Waals surface area contributed by atoms with Gasteiger partial charge in [-0.25, -0.2) is 8.42 Å². The summed E-state index contributed by atoms with van der Waals surface area (Å²) >= 11 is 0. The molecule has 2 aromatic rings. The molecule has 0 saturated carbocycles. The van der Waals surface area contributed by atoms with Crippen molar-refractivity contribution in [2.24, 2.45) is 0 Å². The number of carbonyl (C=O) groups excluding carboxylic acids is 1. The standard InChI is InChI=1S/C20H28N4O3S/c1-2-28(26,27)19-8-6-18(7-9-19)23-15-10-17(11-16-23)22-20(25)5-3-13-24-14-4-12-21-24/h4,6-9,12,14,17H,2-3,5,10-11,13,15-16H2,1H3,(H,22,25). The van der Waals surface area contributed by atoms with E-state index in [-0.39, 0.29) is 17.7 Å². The highest BCUT2D eigenvalue weighted by Gasteiger charge is 2.21. The SMILES string of the molecule is CCS(=O)(=O)c1ccc(N2CCC(NC(=O)CCCn3cccn3)CC2)cc1.